The van der Waals surface area contributed by atoms with Gasteiger partial charge in [-0.2, -0.15) is 0 Å². The van der Waals surface area contributed by atoms with Gasteiger partial charge in [-0.25, -0.2) is 4.98 Å². The molecule has 2 aliphatic rings. The molecule has 0 saturated carbocycles. The number of amides is 1. The molecule has 0 N–H and O–H groups in total. The van der Waals surface area contributed by atoms with E-state index >= 15 is 0 Å². The van der Waals surface area contributed by atoms with Crippen molar-refractivity contribution in [3.63, 3.8) is 0 Å². The topological polar surface area (TPSA) is 45.7 Å². The lowest BCUT2D eigenvalue weighted by molar-refractivity contribution is 0.0376. The number of benzene rings is 2. The van der Waals surface area contributed by atoms with E-state index in [-0.39, 0.29) is 5.91 Å². The molecule has 1 aliphatic heterocycles. The number of aromatic nitrogens is 1. The van der Waals surface area contributed by atoms with Crippen LogP contribution in [0.2, 0.25) is 5.02 Å². The molecule has 5 rings (SSSR count). The molecule has 3 aromatic rings. The molecule has 0 atom stereocenters. The SMILES string of the molecule is O=C(c1ccc2c(c1)CCCC2)N(CCCN1CCOCC1)c1nc2ccc(Cl)cc2s1. The Kier molecular flexibility index (Phi) is 6.74. The molecular formula is C25H28ClN3O2S. The number of ether oxygens (including phenoxy) is 1. The average molecular weight is 470 g/mol. The van der Waals surface area contributed by atoms with Crippen molar-refractivity contribution < 1.29 is 9.53 Å². The fourth-order valence-electron chi connectivity index (χ4n) is 4.59. The lowest BCUT2D eigenvalue weighted by atomic mass is 9.90. The zero-order chi connectivity index (χ0) is 21.9. The van der Waals surface area contributed by atoms with Gasteiger partial charge in [0.1, 0.15) is 0 Å². The van der Waals surface area contributed by atoms with Crippen molar-refractivity contribution in [1.29, 1.82) is 0 Å². The molecule has 1 aliphatic carbocycles. The smallest absolute Gasteiger partial charge is 0.260 e. The highest BCUT2D eigenvalue weighted by Crippen LogP contribution is 2.32. The number of thiazole rings is 1. The van der Waals surface area contributed by atoms with Crippen LogP contribution in [0.1, 0.15) is 40.7 Å². The summed E-state index contributed by atoms with van der Waals surface area (Å²) in [5.41, 5.74) is 4.35. The van der Waals surface area contributed by atoms with Gasteiger partial charge in [-0.3, -0.25) is 14.6 Å². The number of hydrogen-bond acceptors (Lipinski definition) is 5. The first kappa shape index (κ1) is 21.8. The van der Waals surface area contributed by atoms with Crippen LogP contribution in [0, 0.1) is 0 Å². The van der Waals surface area contributed by atoms with Crippen LogP contribution in [0.5, 0.6) is 0 Å². The molecule has 1 saturated heterocycles. The Morgan fingerprint density at radius 1 is 1.09 bits per heavy atom. The minimum atomic E-state index is 0.0329. The van der Waals surface area contributed by atoms with Crippen LogP contribution < -0.4 is 4.90 Å². The van der Waals surface area contributed by atoms with Crippen LogP contribution >= 0.6 is 22.9 Å². The van der Waals surface area contributed by atoms with Gasteiger partial charge in [0.25, 0.3) is 5.91 Å². The predicted octanol–water partition coefficient (Wildman–Crippen LogP) is 5.20. The van der Waals surface area contributed by atoms with E-state index in [2.05, 4.69) is 17.0 Å². The Hall–Kier alpha value is -1.99. The normalized spacial score (nSPS) is 16.8. The maximum atomic E-state index is 13.7. The van der Waals surface area contributed by atoms with Gasteiger partial charge in [-0.05, 0) is 73.6 Å². The van der Waals surface area contributed by atoms with Crippen molar-refractivity contribution in [2.45, 2.75) is 32.1 Å². The molecule has 7 heteroatoms. The van der Waals surface area contributed by atoms with Crippen molar-refractivity contribution in [2.75, 3.05) is 44.3 Å². The van der Waals surface area contributed by atoms with Crippen LogP contribution in [0.4, 0.5) is 5.13 Å². The highest BCUT2D eigenvalue weighted by Gasteiger charge is 2.23. The molecule has 5 nitrogen and oxygen atoms in total. The van der Waals surface area contributed by atoms with Crippen molar-refractivity contribution in [3.05, 3.63) is 58.1 Å². The highest BCUT2D eigenvalue weighted by molar-refractivity contribution is 7.22. The third kappa shape index (κ3) is 4.84. The second-order valence-corrected chi connectivity index (χ2v) is 10.0. The molecule has 2 aromatic carbocycles. The van der Waals surface area contributed by atoms with E-state index in [0.717, 1.165) is 73.0 Å². The summed E-state index contributed by atoms with van der Waals surface area (Å²) in [5, 5.41) is 1.43. The predicted molar refractivity (Wildman–Crippen MR) is 131 cm³/mol. The van der Waals surface area contributed by atoms with Crippen LogP contribution in [-0.2, 0) is 17.6 Å². The first-order chi connectivity index (χ1) is 15.7. The van der Waals surface area contributed by atoms with Gasteiger partial charge in [0, 0.05) is 36.8 Å². The number of carbonyl (C=O) groups excluding carboxylic acids is 1. The van der Waals surface area contributed by atoms with Gasteiger partial charge in [0.15, 0.2) is 5.13 Å². The van der Waals surface area contributed by atoms with Crippen molar-refractivity contribution in [1.82, 2.24) is 9.88 Å². The maximum Gasteiger partial charge on any atom is 0.260 e. The molecular weight excluding hydrogens is 442 g/mol. The number of rotatable bonds is 6. The Balaban J connectivity index is 1.40. The third-order valence-electron chi connectivity index (χ3n) is 6.37. The molecule has 0 radical (unpaired) electrons. The van der Waals surface area contributed by atoms with E-state index in [1.807, 2.05) is 29.2 Å². The summed E-state index contributed by atoms with van der Waals surface area (Å²) >= 11 is 7.72. The number of anilines is 1. The largest absolute Gasteiger partial charge is 0.379 e. The van der Waals surface area contributed by atoms with Gasteiger partial charge in [0.05, 0.1) is 23.4 Å². The lowest BCUT2D eigenvalue weighted by Gasteiger charge is -2.28. The second-order valence-electron chi connectivity index (χ2n) is 8.56. The standard InChI is InChI=1S/C25H28ClN3O2S/c26-21-8-9-22-23(17-21)32-25(27-22)29(11-3-10-28-12-14-31-15-13-28)24(30)20-7-6-18-4-1-2-5-19(18)16-20/h6-9,16-17H,1-5,10-15H2. The molecule has 32 heavy (non-hydrogen) atoms. The average Bonchev–Trinajstić information content (AvgIpc) is 3.24. The Morgan fingerprint density at radius 3 is 2.75 bits per heavy atom. The monoisotopic (exact) mass is 469 g/mol. The third-order valence-corrected chi connectivity index (χ3v) is 7.65. The minimum Gasteiger partial charge on any atom is -0.379 e. The molecule has 1 fully saturated rings. The molecule has 168 valence electrons. The molecule has 1 amide bonds. The van der Waals surface area contributed by atoms with E-state index in [1.165, 1.54) is 35.3 Å². The van der Waals surface area contributed by atoms with E-state index in [1.54, 1.807) is 0 Å². The van der Waals surface area contributed by atoms with E-state index in [9.17, 15) is 4.79 Å². The van der Waals surface area contributed by atoms with Gasteiger partial charge in [0.2, 0.25) is 0 Å². The Bertz CT molecular complexity index is 1110. The summed E-state index contributed by atoms with van der Waals surface area (Å²) in [5.74, 6) is 0.0329. The zero-order valence-corrected chi connectivity index (χ0v) is 19.8. The number of morpholine rings is 1. The summed E-state index contributed by atoms with van der Waals surface area (Å²) in [6.45, 7) is 5.08. The van der Waals surface area contributed by atoms with E-state index in [4.69, 9.17) is 21.3 Å². The van der Waals surface area contributed by atoms with Crippen molar-refractivity contribution in [2.24, 2.45) is 0 Å². The minimum absolute atomic E-state index is 0.0329. The second kappa shape index (κ2) is 9.87. The molecule has 1 aromatic heterocycles. The first-order valence-electron chi connectivity index (χ1n) is 11.5. The van der Waals surface area contributed by atoms with Gasteiger partial charge >= 0.3 is 0 Å². The van der Waals surface area contributed by atoms with Crippen LogP contribution in [0.25, 0.3) is 10.2 Å². The molecule has 0 bridgehead atoms. The number of nitrogens with zero attached hydrogens (tertiary/aromatic N) is 3. The van der Waals surface area contributed by atoms with Crippen molar-refractivity contribution >= 4 is 44.2 Å². The van der Waals surface area contributed by atoms with Crippen LogP contribution in [-0.4, -0.2) is 55.2 Å². The Labute approximate surface area is 197 Å². The number of halogens is 1. The van der Waals surface area contributed by atoms with Gasteiger partial charge in [-0.15, -0.1) is 0 Å². The maximum absolute atomic E-state index is 13.7. The fourth-order valence-corrected chi connectivity index (χ4v) is 5.85. The van der Waals surface area contributed by atoms with Crippen molar-refractivity contribution in [3.8, 4) is 0 Å². The fraction of sp³-hybridized carbons (Fsp3) is 0.440. The van der Waals surface area contributed by atoms with E-state index in [0.29, 0.717) is 11.6 Å². The van der Waals surface area contributed by atoms with E-state index < -0.39 is 0 Å². The molecule has 0 spiro atoms. The molecule has 0 unspecified atom stereocenters. The number of fused-ring (bicyclic) bond motifs is 2. The summed E-state index contributed by atoms with van der Waals surface area (Å²) in [6, 6.07) is 11.9. The first-order valence-corrected chi connectivity index (χ1v) is 12.7. The molecule has 2 heterocycles. The zero-order valence-electron chi connectivity index (χ0n) is 18.2. The van der Waals surface area contributed by atoms with Gasteiger partial charge in [-0.1, -0.05) is 29.0 Å². The number of hydrogen-bond donors (Lipinski definition) is 0. The number of carbonyl (C=O) groups is 1. The van der Waals surface area contributed by atoms with Gasteiger partial charge < -0.3 is 4.74 Å². The quantitative estimate of drug-likeness (QED) is 0.498. The van der Waals surface area contributed by atoms with Crippen LogP contribution in [0.3, 0.4) is 0 Å². The highest BCUT2D eigenvalue weighted by atomic mass is 35.5. The lowest BCUT2D eigenvalue weighted by Crippen LogP contribution is -2.39. The summed E-state index contributed by atoms with van der Waals surface area (Å²) in [7, 11) is 0. The summed E-state index contributed by atoms with van der Waals surface area (Å²) in [6.07, 6.45) is 5.51. The number of aryl methyl sites for hydroxylation is 2. The van der Waals surface area contributed by atoms with Crippen LogP contribution in [0.15, 0.2) is 36.4 Å². The summed E-state index contributed by atoms with van der Waals surface area (Å²) < 4.78 is 6.46. The Morgan fingerprint density at radius 2 is 1.91 bits per heavy atom. The summed E-state index contributed by atoms with van der Waals surface area (Å²) in [4.78, 5) is 22.7.